The Balaban J connectivity index is 2.32. The van der Waals surface area contributed by atoms with Gasteiger partial charge in [-0.3, -0.25) is 0 Å². The second kappa shape index (κ2) is 5.67. The molecular formula is C13H19FN2O3S. The van der Waals surface area contributed by atoms with Gasteiger partial charge in [-0.15, -0.1) is 0 Å². The maximum absolute atomic E-state index is 14.1. The molecule has 1 atom stereocenters. The number of nitrogen functional groups attached to an aromatic ring is 1. The van der Waals surface area contributed by atoms with Gasteiger partial charge in [0, 0.05) is 25.4 Å². The van der Waals surface area contributed by atoms with Crippen molar-refractivity contribution in [1.82, 2.24) is 4.31 Å². The van der Waals surface area contributed by atoms with Crippen molar-refractivity contribution in [2.24, 2.45) is 5.92 Å². The Hall–Kier alpha value is -1.18. The van der Waals surface area contributed by atoms with Gasteiger partial charge in [0.2, 0.25) is 10.0 Å². The number of rotatable bonds is 4. The first-order chi connectivity index (χ1) is 9.36. The van der Waals surface area contributed by atoms with Crippen LogP contribution in [0.2, 0.25) is 0 Å². The third kappa shape index (κ3) is 2.79. The van der Waals surface area contributed by atoms with E-state index < -0.39 is 15.8 Å². The van der Waals surface area contributed by atoms with Gasteiger partial charge in [0.1, 0.15) is 10.7 Å². The van der Waals surface area contributed by atoms with Crippen molar-refractivity contribution in [3.05, 3.63) is 23.5 Å². The van der Waals surface area contributed by atoms with Crippen molar-refractivity contribution in [1.29, 1.82) is 0 Å². The van der Waals surface area contributed by atoms with E-state index in [4.69, 9.17) is 10.8 Å². The van der Waals surface area contributed by atoms with E-state index >= 15 is 0 Å². The van der Waals surface area contributed by atoms with Gasteiger partial charge < -0.3 is 10.8 Å². The first kappa shape index (κ1) is 15.2. The van der Waals surface area contributed by atoms with E-state index in [9.17, 15) is 12.8 Å². The molecule has 0 amide bonds. The zero-order valence-corrected chi connectivity index (χ0v) is 12.2. The number of nitrogens with two attached hydrogens (primary N) is 1. The van der Waals surface area contributed by atoms with Gasteiger partial charge in [0.05, 0.1) is 0 Å². The molecule has 0 spiro atoms. The van der Waals surface area contributed by atoms with E-state index in [1.807, 2.05) is 0 Å². The van der Waals surface area contributed by atoms with Crippen molar-refractivity contribution in [3.8, 4) is 0 Å². The molecule has 5 nitrogen and oxygen atoms in total. The molecule has 1 aliphatic heterocycles. The number of hydrogen-bond acceptors (Lipinski definition) is 4. The molecule has 0 bridgehead atoms. The molecule has 3 N–H and O–H groups in total. The second-order valence-corrected chi connectivity index (χ2v) is 7.09. The van der Waals surface area contributed by atoms with Crippen LogP contribution in [-0.4, -0.2) is 37.5 Å². The fourth-order valence-corrected chi connectivity index (χ4v) is 4.23. The Kier molecular flexibility index (Phi) is 4.31. The smallest absolute Gasteiger partial charge is 0.246 e. The number of anilines is 1. The van der Waals surface area contributed by atoms with E-state index in [0.717, 1.165) is 6.07 Å². The van der Waals surface area contributed by atoms with Crippen LogP contribution in [0.15, 0.2) is 17.0 Å². The van der Waals surface area contributed by atoms with Crippen molar-refractivity contribution >= 4 is 15.7 Å². The predicted molar refractivity (Wildman–Crippen MR) is 74.1 cm³/mol. The molecule has 1 heterocycles. The lowest BCUT2D eigenvalue weighted by Gasteiger charge is -2.18. The van der Waals surface area contributed by atoms with E-state index in [0.29, 0.717) is 25.9 Å². The lowest BCUT2D eigenvalue weighted by atomic mass is 10.1. The van der Waals surface area contributed by atoms with Gasteiger partial charge in [0.25, 0.3) is 0 Å². The standard InChI is InChI=1S/C13H19FN2O3S/c1-9-6-11(15)7-12(13(9)14)20(18,19)16-4-2-10(8-16)3-5-17/h6-7,10,17H,2-5,8,15H2,1H3. The molecule has 112 valence electrons. The van der Waals surface area contributed by atoms with Crippen LogP contribution >= 0.6 is 0 Å². The fraction of sp³-hybridized carbons (Fsp3) is 0.538. The van der Waals surface area contributed by atoms with Crippen molar-refractivity contribution in [3.63, 3.8) is 0 Å². The number of halogens is 1. The van der Waals surface area contributed by atoms with Gasteiger partial charge in [-0.25, -0.2) is 12.8 Å². The normalized spacial score (nSPS) is 20.4. The predicted octanol–water partition coefficient (Wildman–Crippen LogP) is 1.11. The third-order valence-electron chi connectivity index (χ3n) is 3.65. The molecule has 1 unspecified atom stereocenters. The van der Waals surface area contributed by atoms with Crippen molar-refractivity contribution < 1.29 is 17.9 Å². The van der Waals surface area contributed by atoms with Crippen LogP contribution in [0.25, 0.3) is 0 Å². The van der Waals surface area contributed by atoms with Gasteiger partial charge in [-0.1, -0.05) is 0 Å². The van der Waals surface area contributed by atoms with Gasteiger partial charge in [-0.2, -0.15) is 4.31 Å². The van der Waals surface area contributed by atoms with Crippen LogP contribution in [0.5, 0.6) is 0 Å². The summed E-state index contributed by atoms with van der Waals surface area (Å²) in [5.41, 5.74) is 6.06. The summed E-state index contributed by atoms with van der Waals surface area (Å²) in [4.78, 5) is -0.361. The maximum Gasteiger partial charge on any atom is 0.246 e. The Labute approximate surface area is 118 Å². The Morgan fingerprint density at radius 1 is 1.50 bits per heavy atom. The van der Waals surface area contributed by atoms with Crippen LogP contribution in [0.3, 0.4) is 0 Å². The molecule has 2 rings (SSSR count). The van der Waals surface area contributed by atoms with E-state index in [2.05, 4.69) is 0 Å². The first-order valence-electron chi connectivity index (χ1n) is 6.53. The van der Waals surface area contributed by atoms with Gasteiger partial charge in [-0.05, 0) is 43.4 Å². The minimum Gasteiger partial charge on any atom is -0.399 e. The molecule has 1 aliphatic rings. The monoisotopic (exact) mass is 302 g/mol. The third-order valence-corrected chi connectivity index (χ3v) is 5.51. The molecule has 20 heavy (non-hydrogen) atoms. The van der Waals surface area contributed by atoms with Crippen LogP contribution < -0.4 is 5.73 Å². The highest BCUT2D eigenvalue weighted by molar-refractivity contribution is 7.89. The molecule has 1 aromatic rings. The molecule has 0 aliphatic carbocycles. The second-order valence-electron chi connectivity index (χ2n) is 5.18. The van der Waals surface area contributed by atoms with Gasteiger partial charge in [0.15, 0.2) is 0 Å². The number of nitrogens with zero attached hydrogens (tertiary/aromatic N) is 1. The summed E-state index contributed by atoms with van der Waals surface area (Å²) < 4.78 is 40.3. The number of sulfonamides is 1. The zero-order chi connectivity index (χ0) is 14.9. The largest absolute Gasteiger partial charge is 0.399 e. The van der Waals surface area contributed by atoms with Crippen molar-refractivity contribution in [2.45, 2.75) is 24.7 Å². The molecule has 1 fully saturated rings. The van der Waals surface area contributed by atoms with Crippen LogP contribution in [0.1, 0.15) is 18.4 Å². The number of aliphatic hydroxyl groups is 1. The number of hydrogen-bond donors (Lipinski definition) is 2. The average molecular weight is 302 g/mol. The lowest BCUT2D eigenvalue weighted by molar-refractivity contribution is 0.259. The Morgan fingerprint density at radius 3 is 2.85 bits per heavy atom. The zero-order valence-electron chi connectivity index (χ0n) is 11.3. The number of benzene rings is 1. The van der Waals surface area contributed by atoms with E-state index in [-0.39, 0.29) is 28.7 Å². The average Bonchev–Trinajstić information content (AvgIpc) is 2.83. The molecular weight excluding hydrogens is 283 g/mol. The quantitative estimate of drug-likeness (QED) is 0.816. The molecule has 7 heteroatoms. The highest BCUT2D eigenvalue weighted by Gasteiger charge is 2.34. The SMILES string of the molecule is Cc1cc(N)cc(S(=O)(=O)N2CCC(CCO)C2)c1F. The lowest BCUT2D eigenvalue weighted by Crippen LogP contribution is -2.30. The maximum atomic E-state index is 14.1. The minimum absolute atomic E-state index is 0.0321. The summed E-state index contributed by atoms with van der Waals surface area (Å²) >= 11 is 0. The molecule has 0 radical (unpaired) electrons. The molecule has 0 aromatic heterocycles. The van der Waals surface area contributed by atoms with Crippen molar-refractivity contribution in [2.75, 3.05) is 25.4 Å². The van der Waals surface area contributed by atoms with Crippen LogP contribution in [0, 0.1) is 18.7 Å². The topological polar surface area (TPSA) is 83.6 Å². The first-order valence-corrected chi connectivity index (χ1v) is 7.97. The molecule has 0 saturated carbocycles. The van der Waals surface area contributed by atoms with E-state index in [1.54, 1.807) is 0 Å². The Bertz CT molecular complexity index is 604. The summed E-state index contributed by atoms with van der Waals surface area (Å²) in [6, 6.07) is 2.57. The highest BCUT2D eigenvalue weighted by Crippen LogP contribution is 2.29. The number of aryl methyl sites for hydroxylation is 1. The molecule has 1 aromatic carbocycles. The Morgan fingerprint density at radius 2 is 2.20 bits per heavy atom. The summed E-state index contributed by atoms with van der Waals surface area (Å²) in [6.45, 7) is 2.18. The van der Waals surface area contributed by atoms with E-state index in [1.165, 1.54) is 17.3 Å². The van der Waals surface area contributed by atoms with Crippen LogP contribution in [0.4, 0.5) is 10.1 Å². The minimum atomic E-state index is -3.87. The molecule has 1 saturated heterocycles. The van der Waals surface area contributed by atoms with Gasteiger partial charge >= 0.3 is 0 Å². The number of aliphatic hydroxyl groups excluding tert-OH is 1. The summed E-state index contributed by atoms with van der Waals surface area (Å²) in [5.74, 6) is -0.621. The van der Waals surface area contributed by atoms with Crippen LogP contribution in [-0.2, 0) is 10.0 Å². The fourth-order valence-electron chi connectivity index (χ4n) is 2.52. The summed E-state index contributed by atoms with van der Waals surface area (Å²) in [7, 11) is -3.87. The summed E-state index contributed by atoms with van der Waals surface area (Å²) in [5, 5.41) is 8.91. The summed E-state index contributed by atoms with van der Waals surface area (Å²) in [6.07, 6.45) is 1.24. The highest BCUT2D eigenvalue weighted by atomic mass is 32.2.